The average molecular weight is 423 g/mol. The van der Waals surface area contributed by atoms with Crippen molar-refractivity contribution >= 4 is 34.0 Å². The third-order valence-electron chi connectivity index (χ3n) is 5.43. The maximum atomic E-state index is 11.6. The van der Waals surface area contributed by atoms with Crippen molar-refractivity contribution in [2.45, 2.75) is 32.7 Å². The molecule has 156 valence electrons. The van der Waals surface area contributed by atoms with Crippen LogP contribution in [0.5, 0.6) is 0 Å². The molecule has 0 aromatic carbocycles. The number of aromatic nitrogens is 3. The predicted octanol–water partition coefficient (Wildman–Crippen LogP) is 4.10. The van der Waals surface area contributed by atoms with Gasteiger partial charge < -0.3 is 15.1 Å². The molecule has 3 aromatic heterocycles. The van der Waals surface area contributed by atoms with Crippen LogP contribution < -0.4 is 10.2 Å². The van der Waals surface area contributed by atoms with E-state index in [0.29, 0.717) is 6.04 Å². The van der Waals surface area contributed by atoms with Crippen molar-refractivity contribution < 1.29 is 4.79 Å². The van der Waals surface area contributed by atoms with Gasteiger partial charge >= 0.3 is 0 Å². The van der Waals surface area contributed by atoms with Gasteiger partial charge in [0, 0.05) is 45.5 Å². The monoisotopic (exact) mass is 422 g/mol. The SMILES string of the molecule is CC(=O)N1CCC(N(C)c2ncc(-c3cccc(Nc4cc(C)ccn4)n3)s2)CC1. The molecule has 30 heavy (non-hydrogen) atoms. The van der Waals surface area contributed by atoms with Gasteiger partial charge in [0.2, 0.25) is 5.91 Å². The van der Waals surface area contributed by atoms with Crippen LogP contribution in [0, 0.1) is 6.92 Å². The molecule has 0 spiro atoms. The number of rotatable bonds is 5. The van der Waals surface area contributed by atoms with E-state index in [0.717, 1.165) is 58.8 Å². The predicted molar refractivity (Wildman–Crippen MR) is 121 cm³/mol. The van der Waals surface area contributed by atoms with Crippen molar-refractivity contribution in [2.24, 2.45) is 0 Å². The van der Waals surface area contributed by atoms with E-state index < -0.39 is 0 Å². The first-order chi connectivity index (χ1) is 14.5. The summed E-state index contributed by atoms with van der Waals surface area (Å²) in [5.41, 5.74) is 2.03. The lowest BCUT2D eigenvalue weighted by molar-refractivity contribution is -0.129. The summed E-state index contributed by atoms with van der Waals surface area (Å²) in [6, 6.07) is 10.3. The Morgan fingerprint density at radius 2 is 2.00 bits per heavy atom. The van der Waals surface area contributed by atoms with Gasteiger partial charge in [-0.05, 0) is 49.6 Å². The molecule has 0 bridgehead atoms. The molecule has 0 saturated carbocycles. The number of amides is 1. The van der Waals surface area contributed by atoms with Gasteiger partial charge in [0.15, 0.2) is 5.13 Å². The van der Waals surface area contributed by atoms with Crippen LogP contribution in [0.3, 0.4) is 0 Å². The van der Waals surface area contributed by atoms with E-state index in [1.807, 2.05) is 48.4 Å². The first-order valence-electron chi connectivity index (χ1n) is 10.1. The van der Waals surface area contributed by atoms with E-state index in [4.69, 9.17) is 4.98 Å². The standard InChI is InChI=1S/C22H26N6OS/c1-15-7-10-23-21(13-15)26-20-6-4-5-18(25-20)19-14-24-22(30-19)27(3)17-8-11-28(12-9-17)16(2)29/h4-7,10,13-14,17H,8-9,11-12H2,1-3H3,(H,23,25,26). The van der Waals surface area contributed by atoms with Crippen molar-refractivity contribution in [3.05, 3.63) is 48.3 Å². The van der Waals surface area contributed by atoms with Gasteiger partial charge in [0.25, 0.3) is 0 Å². The van der Waals surface area contributed by atoms with E-state index in [1.54, 1.807) is 24.5 Å². The van der Waals surface area contributed by atoms with Gasteiger partial charge in [0.1, 0.15) is 11.6 Å². The molecular formula is C22H26N6OS. The number of carbonyl (C=O) groups excluding carboxylic acids is 1. The van der Waals surface area contributed by atoms with Crippen molar-refractivity contribution in [1.29, 1.82) is 0 Å². The van der Waals surface area contributed by atoms with Gasteiger partial charge in [-0.1, -0.05) is 17.4 Å². The maximum Gasteiger partial charge on any atom is 0.219 e. The number of carbonyl (C=O) groups is 1. The molecule has 1 amide bonds. The van der Waals surface area contributed by atoms with E-state index in [9.17, 15) is 4.79 Å². The second-order valence-electron chi connectivity index (χ2n) is 7.61. The number of nitrogens with one attached hydrogen (secondary N) is 1. The minimum absolute atomic E-state index is 0.160. The molecule has 1 fully saturated rings. The largest absolute Gasteiger partial charge is 0.348 e. The molecule has 1 aliphatic heterocycles. The lowest BCUT2D eigenvalue weighted by atomic mass is 10.0. The van der Waals surface area contributed by atoms with Crippen molar-refractivity contribution in [3.8, 4) is 10.6 Å². The number of anilines is 3. The Morgan fingerprint density at radius 1 is 1.20 bits per heavy atom. The zero-order valence-electron chi connectivity index (χ0n) is 17.5. The van der Waals surface area contributed by atoms with E-state index >= 15 is 0 Å². The Labute approximate surface area is 180 Å². The number of piperidine rings is 1. The number of nitrogens with zero attached hydrogens (tertiary/aromatic N) is 5. The molecule has 1 saturated heterocycles. The first-order valence-corrected chi connectivity index (χ1v) is 10.9. The second-order valence-corrected chi connectivity index (χ2v) is 8.62. The Hall–Kier alpha value is -3.00. The number of pyridine rings is 2. The summed E-state index contributed by atoms with van der Waals surface area (Å²) in [5, 5.41) is 4.25. The molecule has 0 unspecified atom stereocenters. The highest BCUT2D eigenvalue weighted by Crippen LogP contribution is 2.32. The minimum Gasteiger partial charge on any atom is -0.348 e. The normalized spacial score (nSPS) is 14.6. The summed E-state index contributed by atoms with van der Waals surface area (Å²) < 4.78 is 0. The van der Waals surface area contributed by atoms with Gasteiger partial charge in [-0.3, -0.25) is 4.79 Å². The maximum absolute atomic E-state index is 11.6. The highest BCUT2D eigenvalue weighted by atomic mass is 32.1. The summed E-state index contributed by atoms with van der Waals surface area (Å²) in [7, 11) is 2.09. The molecule has 3 aromatic rings. The van der Waals surface area contributed by atoms with Gasteiger partial charge in [-0.15, -0.1) is 0 Å². The van der Waals surface area contributed by atoms with Gasteiger partial charge in [-0.2, -0.15) is 0 Å². The van der Waals surface area contributed by atoms with Crippen molar-refractivity contribution in [1.82, 2.24) is 19.9 Å². The molecule has 0 radical (unpaired) electrons. The highest BCUT2D eigenvalue weighted by Gasteiger charge is 2.25. The smallest absolute Gasteiger partial charge is 0.219 e. The molecule has 4 rings (SSSR count). The van der Waals surface area contributed by atoms with Crippen LogP contribution in [0.15, 0.2) is 42.7 Å². The van der Waals surface area contributed by atoms with E-state index in [1.165, 1.54) is 0 Å². The third-order valence-corrected chi connectivity index (χ3v) is 6.54. The van der Waals surface area contributed by atoms with Crippen molar-refractivity contribution in [2.75, 3.05) is 30.4 Å². The number of hydrogen-bond acceptors (Lipinski definition) is 7. The lowest BCUT2D eigenvalue weighted by Crippen LogP contribution is -2.45. The van der Waals surface area contributed by atoms with Crippen molar-refractivity contribution in [3.63, 3.8) is 0 Å². The van der Waals surface area contributed by atoms with E-state index in [-0.39, 0.29) is 5.91 Å². The summed E-state index contributed by atoms with van der Waals surface area (Å²) in [4.78, 5) is 30.5. The molecule has 1 N–H and O–H groups in total. The summed E-state index contributed by atoms with van der Waals surface area (Å²) in [5.74, 6) is 1.69. The number of thiazole rings is 1. The Balaban J connectivity index is 1.45. The van der Waals surface area contributed by atoms with Crippen LogP contribution in [0.2, 0.25) is 0 Å². The highest BCUT2D eigenvalue weighted by molar-refractivity contribution is 7.18. The molecule has 0 atom stereocenters. The second kappa shape index (κ2) is 8.79. The molecule has 7 nitrogen and oxygen atoms in total. The van der Waals surface area contributed by atoms with Crippen LogP contribution >= 0.6 is 11.3 Å². The van der Waals surface area contributed by atoms with E-state index in [2.05, 4.69) is 27.2 Å². The summed E-state index contributed by atoms with van der Waals surface area (Å²) >= 11 is 1.64. The average Bonchev–Trinajstić information content (AvgIpc) is 3.24. The molecule has 1 aliphatic rings. The number of hydrogen-bond donors (Lipinski definition) is 1. The zero-order valence-corrected chi connectivity index (χ0v) is 18.3. The quantitative estimate of drug-likeness (QED) is 0.667. The summed E-state index contributed by atoms with van der Waals surface area (Å²) in [6.45, 7) is 5.30. The number of aryl methyl sites for hydroxylation is 1. The third kappa shape index (κ3) is 4.59. The Kier molecular flexibility index (Phi) is 5.94. The van der Waals surface area contributed by atoms with Gasteiger partial charge in [-0.25, -0.2) is 15.0 Å². The van der Waals surface area contributed by atoms with Crippen LogP contribution in [-0.2, 0) is 4.79 Å². The first kappa shape index (κ1) is 20.3. The Bertz CT molecular complexity index is 1030. The lowest BCUT2D eigenvalue weighted by Gasteiger charge is -2.36. The molecule has 4 heterocycles. The molecule has 0 aliphatic carbocycles. The number of likely N-dealkylation sites (tertiary alicyclic amines) is 1. The van der Waals surface area contributed by atoms with Crippen LogP contribution in [-0.4, -0.2) is 51.9 Å². The molecular weight excluding hydrogens is 396 g/mol. The Morgan fingerprint density at radius 3 is 2.73 bits per heavy atom. The fourth-order valence-electron chi connectivity index (χ4n) is 3.65. The topological polar surface area (TPSA) is 74.2 Å². The van der Waals surface area contributed by atoms with Crippen LogP contribution in [0.4, 0.5) is 16.8 Å². The molecule has 8 heteroatoms. The van der Waals surface area contributed by atoms with Crippen LogP contribution in [0.1, 0.15) is 25.3 Å². The summed E-state index contributed by atoms with van der Waals surface area (Å²) in [6.07, 6.45) is 5.60. The van der Waals surface area contributed by atoms with Gasteiger partial charge in [0.05, 0.1) is 10.6 Å². The van der Waals surface area contributed by atoms with Crippen LogP contribution in [0.25, 0.3) is 10.6 Å². The fraction of sp³-hybridized carbons (Fsp3) is 0.364. The zero-order chi connectivity index (χ0) is 21.1. The minimum atomic E-state index is 0.160. The fourth-order valence-corrected chi connectivity index (χ4v) is 4.57.